The molecule has 0 aromatic heterocycles. The van der Waals surface area contributed by atoms with Gasteiger partial charge in [-0.2, -0.15) is 0 Å². The molecular weight excluding hydrogens is 304 g/mol. The Labute approximate surface area is 134 Å². The minimum absolute atomic E-state index is 0.0506. The predicted octanol–water partition coefficient (Wildman–Crippen LogP) is 1.52. The number of hydrogen-bond acceptors (Lipinski definition) is 7. The Bertz CT molecular complexity index is 571. The maximum atomic E-state index is 11.1. The second kappa shape index (κ2) is 8.62. The maximum absolute atomic E-state index is 11.1. The zero-order chi connectivity index (χ0) is 17.4. The average Bonchev–Trinajstić information content (AvgIpc) is 2.43. The van der Waals surface area contributed by atoms with Crippen LogP contribution < -0.4 is 15.4 Å². The number of nitrogens with one attached hydrogen (secondary N) is 2. The van der Waals surface area contributed by atoms with E-state index >= 15 is 0 Å². The fourth-order valence-corrected chi connectivity index (χ4v) is 1.79. The predicted molar refractivity (Wildman–Crippen MR) is 83.1 cm³/mol. The number of ether oxygens (including phenoxy) is 3. The van der Waals surface area contributed by atoms with Crippen molar-refractivity contribution in [2.45, 2.75) is 27.1 Å². The molecule has 0 unspecified atom stereocenters. The van der Waals surface area contributed by atoms with Gasteiger partial charge >= 0.3 is 11.9 Å². The summed E-state index contributed by atoms with van der Waals surface area (Å²) in [6.07, 6.45) is -1.05. The Balaban J connectivity index is 2.79. The Morgan fingerprint density at radius 1 is 1.09 bits per heavy atom. The largest absolute Gasteiger partial charge is 0.495 e. The molecule has 0 atom stereocenters. The minimum atomic E-state index is -1.05. The van der Waals surface area contributed by atoms with Gasteiger partial charge in [0.25, 0.3) is 6.29 Å². The van der Waals surface area contributed by atoms with Crippen LogP contribution in [0.15, 0.2) is 18.2 Å². The molecule has 1 aromatic rings. The zero-order valence-corrected chi connectivity index (χ0v) is 13.5. The molecule has 8 heteroatoms. The molecule has 1 rings (SSSR count). The van der Waals surface area contributed by atoms with Crippen LogP contribution in [-0.2, 0) is 23.9 Å². The number of rotatable bonds is 7. The number of benzene rings is 1. The van der Waals surface area contributed by atoms with Gasteiger partial charge in [0.1, 0.15) is 5.75 Å². The van der Waals surface area contributed by atoms with Gasteiger partial charge in [-0.25, -0.2) is 0 Å². The lowest BCUT2D eigenvalue weighted by atomic mass is 10.2. The van der Waals surface area contributed by atoms with Crippen LogP contribution in [0.3, 0.4) is 0 Å². The van der Waals surface area contributed by atoms with Crippen LogP contribution in [0.1, 0.15) is 20.8 Å². The molecule has 2 N–H and O–H groups in total. The second-order valence-corrected chi connectivity index (χ2v) is 4.63. The molecule has 0 aliphatic carbocycles. The molecule has 0 spiro atoms. The van der Waals surface area contributed by atoms with Crippen LogP contribution in [0.2, 0.25) is 0 Å². The van der Waals surface area contributed by atoms with E-state index < -0.39 is 18.2 Å². The fraction of sp³-hybridized carbons (Fsp3) is 0.400. The summed E-state index contributed by atoms with van der Waals surface area (Å²) in [6, 6.07) is 5.00. The van der Waals surface area contributed by atoms with Crippen LogP contribution in [0.4, 0.5) is 11.4 Å². The topological polar surface area (TPSA) is 103 Å². The van der Waals surface area contributed by atoms with Gasteiger partial charge in [0.2, 0.25) is 5.91 Å². The van der Waals surface area contributed by atoms with Gasteiger partial charge in [0.15, 0.2) is 0 Å². The normalized spacial score (nSPS) is 9.96. The van der Waals surface area contributed by atoms with E-state index in [4.69, 9.17) is 14.2 Å². The number of amides is 1. The molecule has 0 saturated carbocycles. The number of esters is 2. The molecular formula is C15H20N2O6. The zero-order valence-electron chi connectivity index (χ0n) is 13.5. The first kappa shape index (κ1) is 18.3. The molecule has 1 aromatic carbocycles. The van der Waals surface area contributed by atoms with E-state index in [1.807, 2.05) is 0 Å². The lowest BCUT2D eigenvalue weighted by Gasteiger charge is -2.19. The number of methoxy groups -OCH3 is 1. The Morgan fingerprint density at radius 2 is 1.70 bits per heavy atom. The summed E-state index contributed by atoms with van der Waals surface area (Å²) in [6.45, 7) is 3.90. The molecule has 126 valence electrons. The number of hydrogen-bond donors (Lipinski definition) is 2. The van der Waals surface area contributed by atoms with Crippen molar-refractivity contribution >= 4 is 29.2 Å². The molecule has 0 heterocycles. The molecule has 1 amide bonds. The van der Waals surface area contributed by atoms with Crippen molar-refractivity contribution in [1.82, 2.24) is 0 Å². The van der Waals surface area contributed by atoms with Gasteiger partial charge in [-0.1, -0.05) is 0 Å². The van der Waals surface area contributed by atoms with Crippen molar-refractivity contribution < 1.29 is 28.6 Å². The van der Waals surface area contributed by atoms with Crippen molar-refractivity contribution in [3.05, 3.63) is 18.2 Å². The van der Waals surface area contributed by atoms with Gasteiger partial charge in [-0.15, -0.1) is 0 Å². The molecule has 0 saturated heterocycles. The van der Waals surface area contributed by atoms with Gasteiger partial charge in [-0.3, -0.25) is 14.4 Å². The van der Waals surface area contributed by atoms with Crippen LogP contribution in [0, 0.1) is 0 Å². The minimum Gasteiger partial charge on any atom is -0.495 e. The highest BCUT2D eigenvalue weighted by Gasteiger charge is 2.16. The number of carbonyl (C=O) groups excluding carboxylic acids is 3. The molecule has 0 bridgehead atoms. The highest BCUT2D eigenvalue weighted by Crippen LogP contribution is 2.28. The van der Waals surface area contributed by atoms with E-state index in [-0.39, 0.29) is 12.5 Å². The van der Waals surface area contributed by atoms with Crippen molar-refractivity contribution in [3.63, 3.8) is 0 Å². The Kier molecular flexibility index (Phi) is 6.85. The van der Waals surface area contributed by atoms with E-state index in [0.29, 0.717) is 17.1 Å². The van der Waals surface area contributed by atoms with E-state index in [1.165, 1.54) is 27.9 Å². The van der Waals surface area contributed by atoms with Gasteiger partial charge < -0.3 is 24.8 Å². The second-order valence-electron chi connectivity index (χ2n) is 4.63. The quantitative estimate of drug-likeness (QED) is 0.579. The molecule has 0 fully saturated rings. The van der Waals surface area contributed by atoms with Crippen molar-refractivity contribution in [2.24, 2.45) is 0 Å². The van der Waals surface area contributed by atoms with E-state index in [9.17, 15) is 14.4 Å². The first-order chi connectivity index (χ1) is 10.8. The average molecular weight is 324 g/mol. The number of anilines is 2. The lowest BCUT2D eigenvalue weighted by Crippen LogP contribution is -2.30. The summed E-state index contributed by atoms with van der Waals surface area (Å²) in [7, 11) is 1.48. The SMILES string of the molecule is COc1cc(NC(C)=O)ccc1NCC(OC(C)=O)OC(C)=O. The summed E-state index contributed by atoms with van der Waals surface area (Å²) >= 11 is 0. The molecule has 8 nitrogen and oxygen atoms in total. The summed E-state index contributed by atoms with van der Waals surface area (Å²) in [5.74, 6) is -0.852. The fourth-order valence-electron chi connectivity index (χ4n) is 1.79. The van der Waals surface area contributed by atoms with E-state index in [1.54, 1.807) is 18.2 Å². The molecule has 23 heavy (non-hydrogen) atoms. The Hall–Kier alpha value is -2.77. The summed E-state index contributed by atoms with van der Waals surface area (Å²) < 4.78 is 15.0. The van der Waals surface area contributed by atoms with Gasteiger partial charge in [0, 0.05) is 32.5 Å². The third kappa shape index (κ3) is 6.68. The highest BCUT2D eigenvalue weighted by atomic mass is 16.7. The van der Waals surface area contributed by atoms with Crippen LogP contribution >= 0.6 is 0 Å². The molecule has 0 aliphatic rings. The van der Waals surface area contributed by atoms with Crippen LogP contribution in [0.25, 0.3) is 0 Å². The third-order valence-corrected chi connectivity index (χ3v) is 2.58. The van der Waals surface area contributed by atoms with Gasteiger partial charge in [-0.05, 0) is 12.1 Å². The molecule has 0 radical (unpaired) electrons. The van der Waals surface area contributed by atoms with Gasteiger partial charge in [0.05, 0.1) is 19.3 Å². The lowest BCUT2D eigenvalue weighted by molar-refractivity contribution is -0.182. The smallest absolute Gasteiger partial charge is 0.305 e. The first-order valence-corrected chi connectivity index (χ1v) is 6.85. The van der Waals surface area contributed by atoms with Crippen LogP contribution in [-0.4, -0.2) is 37.8 Å². The maximum Gasteiger partial charge on any atom is 0.305 e. The Morgan fingerprint density at radius 3 is 2.17 bits per heavy atom. The third-order valence-electron chi connectivity index (χ3n) is 2.58. The summed E-state index contributed by atoms with van der Waals surface area (Å²) in [5.41, 5.74) is 1.17. The number of carbonyl (C=O) groups is 3. The summed E-state index contributed by atoms with van der Waals surface area (Å²) in [4.78, 5) is 33.1. The monoisotopic (exact) mass is 324 g/mol. The highest BCUT2D eigenvalue weighted by molar-refractivity contribution is 5.89. The van der Waals surface area contributed by atoms with Crippen LogP contribution in [0.5, 0.6) is 5.75 Å². The van der Waals surface area contributed by atoms with E-state index in [2.05, 4.69) is 10.6 Å². The van der Waals surface area contributed by atoms with Crippen molar-refractivity contribution in [2.75, 3.05) is 24.3 Å². The van der Waals surface area contributed by atoms with Crippen molar-refractivity contribution in [3.8, 4) is 5.75 Å². The molecule has 0 aliphatic heterocycles. The standard InChI is InChI=1S/C15H20N2O6/c1-9(18)17-12-5-6-13(14(7-12)21-4)16-8-15(22-10(2)19)23-11(3)20/h5-7,15-16H,8H2,1-4H3,(H,17,18). The van der Waals surface area contributed by atoms with E-state index in [0.717, 1.165) is 0 Å². The van der Waals surface area contributed by atoms with Crippen molar-refractivity contribution in [1.29, 1.82) is 0 Å². The first-order valence-electron chi connectivity index (χ1n) is 6.85. The summed E-state index contributed by atoms with van der Waals surface area (Å²) in [5, 5.41) is 5.60.